The molecule has 2 heterocycles. The first kappa shape index (κ1) is 12.8. The molecule has 0 saturated heterocycles. The standard InChI is InChI=1S/C13H10ClN3S2/c1-2-8-11(14)15-7-16-12(8)19-13-17-9-5-3-4-6-10(9)18-13/h3-7H,2H2,1H3. The van der Waals surface area contributed by atoms with E-state index in [2.05, 4.69) is 21.0 Å². The van der Waals surface area contributed by atoms with Gasteiger partial charge in [-0.3, -0.25) is 0 Å². The van der Waals surface area contributed by atoms with Crippen molar-refractivity contribution in [2.24, 2.45) is 0 Å². The molecule has 96 valence electrons. The molecule has 0 saturated carbocycles. The second kappa shape index (κ2) is 5.45. The first-order valence-electron chi connectivity index (χ1n) is 5.80. The molecule has 0 amide bonds. The average Bonchev–Trinajstić information content (AvgIpc) is 2.81. The largest absolute Gasteiger partial charge is 0.229 e. The maximum atomic E-state index is 6.09. The van der Waals surface area contributed by atoms with Gasteiger partial charge >= 0.3 is 0 Å². The highest BCUT2D eigenvalue weighted by molar-refractivity contribution is 8.01. The summed E-state index contributed by atoms with van der Waals surface area (Å²) in [5.41, 5.74) is 2.00. The minimum Gasteiger partial charge on any atom is -0.229 e. The first-order valence-corrected chi connectivity index (χ1v) is 7.82. The van der Waals surface area contributed by atoms with Crippen LogP contribution in [0.1, 0.15) is 12.5 Å². The van der Waals surface area contributed by atoms with Crippen LogP contribution in [0.15, 0.2) is 40.0 Å². The van der Waals surface area contributed by atoms with Crippen molar-refractivity contribution in [2.45, 2.75) is 22.7 Å². The molecule has 19 heavy (non-hydrogen) atoms. The summed E-state index contributed by atoms with van der Waals surface area (Å²) < 4.78 is 2.16. The Morgan fingerprint density at radius 3 is 2.89 bits per heavy atom. The van der Waals surface area contributed by atoms with E-state index in [1.165, 1.54) is 11.0 Å². The average molecular weight is 308 g/mol. The predicted molar refractivity (Wildman–Crippen MR) is 80.2 cm³/mol. The number of hydrogen-bond donors (Lipinski definition) is 0. The van der Waals surface area contributed by atoms with Crippen LogP contribution in [0.3, 0.4) is 0 Å². The molecule has 0 aliphatic carbocycles. The summed E-state index contributed by atoms with van der Waals surface area (Å²) in [6.07, 6.45) is 2.31. The lowest BCUT2D eigenvalue weighted by atomic mass is 10.3. The number of fused-ring (bicyclic) bond motifs is 1. The van der Waals surface area contributed by atoms with Gasteiger partial charge < -0.3 is 0 Å². The zero-order valence-electron chi connectivity index (χ0n) is 10.1. The van der Waals surface area contributed by atoms with Crippen LogP contribution in [0.2, 0.25) is 5.15 Å². The van der Waals surface area contributed by atoms with Crippen molar-refractivity contribution in [1.82, 2.24) is 15.0 Å². The molecule has 3 rings (SSSR count). The number of hydrogen-bond acceptors (Lipinski definition) is 5. The van der Waals surface area contributed by atoms with Crippen molar-refractivity contribution >= 4 is 44.9 Å². The Labute approximate surface area is 124 Å². The van der Waals surface area contributed by atoms with E-state index >= 15 is 0 Å². The van der Waals surface area contributed by atoms with Crippen molar-refractivity contribution in [1.29, 1.82) is 0 Å². The van der Waals surface area contributed by atoms with Gasteiger partial charge in [0, 0.05) is 5.56 Å². The Morgan fingerprint density at radius 2 is 2.11 bits per heavy atom. The lowest BCUT2D eigenvalue weighted by molar-refractivity contribution is 0.943. The van der Waals surface area contributed by atoms with Gasteiger partial charge in [0.15, 0.2) is 4.34 Å². The van der Waals surface area contributed by atoms with Gasteiger partial charge in [-0.25, -0.2) is 15.0 Å². The molecule has 2 aromatic heterocycles. The van der Waals surface area contributed by atoms with Crippen molar-refractivity contribution < 1.29 is 0 Å². The predicted octanol–water partition coefficient (Wildman–Crippen LogP) is 4.45. The SMILES string of the molecule is CCc1c(Cl)ncnc1Sc1nc2ccccc2s1. The maximum absolute atomic E-state index is 6.09. The smallest absolute Gasteiger partial charge is 0.157 e. The van der Waals surface area contributed by atoms with Crippen LogP contribution in [-0.2, 0) is 6.42 Å². The van der Waals surface area contributed by atoms with E-state index in [1.807, 2.05) is 25.1 Å². The summed E-state index contributed by atoms with van der Waals surface area (Å²) in [7, 11) is 0. The van der Waals surface area contributed by atoms with Crippen LogP contribution in [0, 0.1) is 0 Å². The van der Waals surface area contributed by atoms with Crippen LogP contribution in [0.4, 0.5) is 0 Å². The molecule has 0 aliphatic heterocycles. The van der Waals surface area contributed by atoms with E-state index in [1.54, 1.807) is 23.1 Å². The van der Waals surface area contributed by atoms with E-state index in [-0.39, 0.29) is 0 Å². The molecule has 0 aliphatic rings. The highest BCUT2D eigenvalue weighted by atomic mass is 35.5. The van der Waals surface area contributed by atoms with Crippen LogP contribution in [0.5, 0.6) is 0 Å². The van der Waals surface area contributed by atoms with Gasteiger partial charge in [0.05, 0.1) is 10.2 Å². The lowest BCUT2D eigenvalue weighted by Crippen LogP contribution is -1.93. The van der Waals surface area contributed by atoms with Crippen molar-refractivity contribution in [3.8, 4) is 0 Å². The number of aromatic nitrogens is 3. The van der Waals surface area contributed by atoms with Crippen molar-refractivity contribution in [2.75, 3.05) is 0 Å². The Hall–Kier alpha value is -1.17. The van der Waals surface area contributed by atoms with Crippen LogP contribution in [-0.4, -0.2) is 15.0 Å². The highest BCUT2D eigenvalue weighted by Crippen LogP contribution is 2.36. The van der Waals surface area contributed by atoms with Gasteiger partial charge in [-0.2, -0.15) is 0 Å². The second-order valence-corrected chi connectivity index (χ2v) is 6.48. The molecule has 0 bridgehead atoms. The molecule has 0 atom stereocenters. The summed E-state index contributed by atoms with van der Waals surface area (Å²) in [4.78, 5) is 12.9. The van der Waals surface area contributed by atoms with E-state index in [0.717, 1.165) is 26.9 Å². The molecule has 0 spiro atoms. The Balaban J connectivity index is 1.99. The molecule has 0 N–H and O–H groups in total. The third-order valence-electron chi connectivity index (χ3n) is 2.67. The molecule has 1 aromatic carbocycles. The van der Waals surface area contributed by atoms with Gasteiger partial charge in [0.25, 0.3) is 0 Å². The number of benzene rings is 1. The van der Waals surface area contributed by atoms with E-state index in [9.17, 15) is 0 Å². The van der Waals surface area contributed by atoms with Gasteiger partial charge in [0.2, 0.25) is 0 Å². The topological polar surface area (TPSA) is 38.7 Å². The van der Waals surface area contributed by atoms with E-state index in [0.29, 0.717) is 5.15 Å². The molecule has 6 heteroatoms. The maximum Gasteiger partial charge on any atom is 0.157 e. The van der Waals surface area contributed by atoms with Gasteiger partial charge in [-0.15, -0.1) is 11.3 Å². The van der Waals surface area contributed by atoms with Gasteiger partial charge in [0.1, 0.15) is 16.5 Å². The molecular formula is C13H10ClN3S2. The molecule has 0 unspecified atom stereocenters. The second-order valence-electron chi connectivity index (χ2n) is 3.85. The summed E-state index contributed by atoms with van der Waals surface area (Å²) >= 11 is 9.31. The molecule has 0 radical (unpaired) electrons. The zero-order chi connectivity index (χ0) is 13.2. The molecule has 0 fully saturated rings. The fourth-order valence-corrected chi connectivity index (χ4v) is 4.20. The van der Waals surface area contributed by atoms with Crippen LogP contribution < -0.4 is 0 Å². The number of thiazole rings is 1. The Kier molecular flexibility index (Phi) is 3.68. The normalized spacial score (nSPS) is 11.1. The number of nitrogens with zero attached hydrogens (tertiary/aromatic N) is 3. The van der Waals surface area contributed by atoms with Crippen LogP contribution >= 0.6 is 34.7 Å². The summed E-state index contributed by atoms with van der Waals surface area (Å²) in [5.74, 6) is 0. The Morgan fingerprint density at radius 1 is 1.26 bits per heavy atom. The fraction of sp³-hybridized carbons (Fsp3) is 0.154. The summed E-state index contributed by atoms with van der Waals surface area (Å²) in [6, 6.07) is 8.11. The zero-order valence-corrected chi connectivity index (χ0v) is 12.5. The molecular weight excluding hydrogens is 298 g/mol. The molecule has 3 nitrogen and oxygen atoms in total. The minimum absolute atomic E-state index is 0.529. The van der Waals surface area contributed by atoms with Crippen molar-refractivity contribution in [3.05, 3.63) is 41.3 Å². The van der Waals surface area contributed by atoms with E-state index < -0.39 is 0 Å². The van der Waals surface area contributed by atoms with Crippen molar-refractivity contribution in [3.63, 3.8) is 0 Å². The highest BCUT2D eigenvalue weighted by Gasteiger charge is 2.12. The third-order valence-corrected chi connectivity index (χ3v) is 5.13. The van der Waals surface area contributed by atoms with E-state index in [4.69, 9.17) is 11.6 Å². The summed E-state index contributed by atoms with van der Waals surface area (Å²) in [6.45, 7) is 2.05. The molecule has 3 aromatic rings. The summed E-state index contributed by atoms with van der Waals surface area (Å²) in [5, 5.41) is 1.42. The Bertz CT molecular complexity index is 694. The lowest BCUT2D eigenvalue weighted by Gasteiger charge is -2.04. The first-order chi connectivity index (χ1) is 9.28. The van der Waals surface area contributed by atoms with Gasteiger partial charge in [-0.05, 0) is 30.3 Å². The number of rotatable bonds is 3. The van der Waals surface area contributed by atoms with Crippen LogP contribution in [0.25, 0.3) is 10.2 Å². The third kappa shape index (κ3) is 2.59. The quantitative estimate of drug-likeness (QED) is 0.670. The monoisotopic (exact) mass is 307 g/mol. The fourth-order valence-electron chi connectivity index (χ4n) is 1.74. The minimum atomic E-state index is 0.529. The number of para-hydroxylation sites is 1. The number of halogens is 1. The van der Waals surface area contributed by atoms with Gasteiger partial charge in [-0.1, -0.05) is 30.7 Å².